The summed E-state index contributed by atoms with van der Waals surface area (Å²) in [6.45, 7) is 0.953. The predicted octanol–water partition coefficient (Wildman–Crippen LogP) is 0.000300. The fraction of sp³-hybridized carbons (Fsp3) is 0.714. The van der Waals surface area contributed by atoms with Gasteiger partial charge in [-0.05, 0) is 18.9 Å². The van der Waals surface area contributed by atoms with Crippen molar-refractivity contribution in [1.29, 1.82) is 0 Å². The van der Waals surface area contributed by atoms with Crippen LogP contribution in [0.4, 0.5) is 0 Å². The van der Waals surface area contributed by atoms with Crippen molar-refractivity contribution in [3.63, 3.8) is 0 Å². The smallest absolute Gasteiger partial charge is 0.123 e. The van der Waals surface area contributed by atoms with E-state index in [4.69, 9.17) is 15.6 Å². The van der Waals surface area contributed by atoms with Crippen molar-refractivity contribution >= 4 is 0 Å². The lowest BCUT2D eigenvalue weighted by molar-refractivity contribution is 0.0961. The highest BCUT2D eigenvalue weighted by Gasteiger charge is 2.11. The van der Waals surface area contributed by atoms with Crippen LogP contribution in [0, 0.1) is 0 Å². The number of hydrogen-bond acceptors (Lipinski definition) is 3. The maximum atomic E-state index is 9.16. The monoisotopic (exact) mass is 143 g/mol. The fourth-order valence-corrected chi connectivity index (χ4v) is 0.925. The molecule has 58 valence electrons. The van der Waals surface area contributed by atoms with Crippen LogP contribution in [0.15, 0.2) is 11.8 Å². The first-order valence-electron chi connectivity index (χ1n) is 3.55. The van der Waals surface area contributed by atoms with Gasteiger partial charge in [0.2, 0.25) is 0 Å². The Labute approximate surface area is 60.5 Å². The summed E-state index contributed by atoms with van der Waals surface area (Å²) in [5.74, 6) is 0.647. The summed E-state index contributed by atoms with van der Waals surface area (Å²) in [5, 5.41) is 9.16. The molecule has 1 rings (SSSR count). The molecule has 0 saturated carbocycles. The second-order valence-electron chi connectivity index (χ2n) is 2.35. The molecule has 3 nitrogen and oxygen atoms in total. The van der Waals surface area contributed by atoms with E-state index in [9.17, 15) is 0 Å². The van der Waals surface area contributed by atoms with Gasteiger partial charge in [0.15, 0.2) is 0 Å². The largest absolute Gasteiger partial charge is 0.495 e. The highest BCUT2D eigenvalue weighted by atomic mass is 16.5. The molecule has 0 radical (unpaired) electrons. The van der Waals surface area contributed by atoms with Crippen LogP contribution in [-0.2, 0) is 4.74 Å². The van der Waals surface area contributed by atoms with Crippen molar-refractivity contribution in [2.45, 2.75) is 18.9 Å². The van der Waals surface area contributed by atoms with Crippen molar-refractivity contribution in [1.82, 2.24) is 0 Å². The van der Waals surface area contributed by atoms with Crippen LogP contribution in [0.3, 0.4) is 0 Å². The van der Waals surface area contributed by atoms with Crippen LogP contribution in [0.5, 0.6) is 0 Å². The van der Waals surface area contributed by atoms with Crippen molar-refractivity contribution in [3.8, 4) is 0 Å². The number of rotatable bonds is 2. The lowest BCUT2D eigenvalue weighted by atomic mass is 10.2. The molecule has 0 fully saturated rings. The first-order valence-corrected chi connectivity index (χ1v) is 3.55. The molecule has 0 aromatic rings. The van der Waals surface area contributed by atoms with E-state index in [1.165, 1.54) is 0 Å². The molecule has 1 heterocycles. The normalized spacial score (nSPS) is 21.2. The molecule has 0 bridgehead atoms. The summed E-state index contributed by atoms with van der Waals surface area (Å²) < 4.78 is 5.16. The van der Waals surface area contributed by atoms with Crippen LogP contribution < -0.4 is 5.73 Å². The molecular weight excluding hydrogens is 130 g/mol. The molecule has 0 saturated heterocycles. The SMILES string of the molecule is NCC(O)C1=CCCCO1. The quantitative estimate of drug-likeness (QED) is 0.572. The standard InChI is InChI=1S/C7H13NO2/c8-5-6(9)7-3-1-2-4-10-7/h3,6,9H,1-2,4-5,8H2. The van der Waals surface area contributed by atoms with Crippen LogP contribution >= 0.6 is 0 Å². The van der Waals surface area contributed by atoms with Gasteiger partial charge in [0.25, 0.3) is 0 Å². The van der Waals surface area contributed by atoms with E-state index in [0.29, 0.717) is 12.4 Å². The Morgan fingerprint density at radius 2 is 2.60 bits per heavy atom. The Hall–Kier alpha value is -0.540. The average molecular weight is 143 g/mol. The number of ether oxygens (including phenoxy) is 1. The Morgan fingerprint density at radius 1 is 1.80 bits per heavy atom. The number of aliphatic hydroxyl groups is 1. The summed E-state index contributed by atoms with van der Waals surface area (Å²) in [6.07, 6.45) is 3.34. The van der Waals surface area contributed by atoms with Gasteiger partial charge in [-0.3, -0.25) is 0 Å². The molecule has 0 aromatic heterocycles. The topological polar surface area (TPSA) is 55.5 Å². The summed E-state index contributed by atoms with van der Waals surface area (Å²) >= 11 is 0. The van der Waals surface area contributed by atoms with Gasteiger partial charge in [0.05, 0.1) is 6.61 Å². The first kappa shape index (κ1) is 7.57. The Morgan fingerprint density at radius 3 is 3.10 bits per heavy atom. The van der Waals surface area contributed by atoms with Gasteiger partial charge in [-0.15, -0.1) is 0 Å². The van der Waals surface area contributed by atoms with Gasteiger partial charge in [0.1, 0.15) is 11.9 Å². The molecule has 3 N–H and O–H groups in total. The highest BCUT2D eigenvalue weighted by Crippen LogP contribution is 2.12. The minimum Gasteiger partial charge on any atom is -0.495 e. The number of aliphatic hydroxyl groups excluding tert-OH is 1. The molecule has 1 atom stereocenters. The third kappa shape index (κ3) is 1.72. The number of nitrogens with two attached hydrogens (primary N) is 1. The van der Waals surface area contributed by atoms with Crippen molar-refractivity contribution in [2.75, 3.05) is 13.2 Å². The Kier molecular flexibility index (Phi) is 2.71. The minimum atomic E-state index is -0.597. The minimum absolute atomic E-state index is 0.242. The van der Waals surface area contributed by atoms with Crippen LogP contribution in [-0.4, -0.2) is 24.4 Å². The lowest BCUT2D eigenvalue weighted by Crippen LogP contribution is -2.24. The molecule has 0 amide bonds. The van der Waals surface area contributed by atoms with Crippen molar-refractivity contribution in [3.05, 3.63) is 11.8 Å². The molecular formula is C7H13NO2. The zero-order valence-corrected chi connectivity index (χ0v) is 5.92. The Balaban J connectivity index is 2.44. The zero-order valence-electron chi connectivity index (χ0n) is 5.92. The van der Waals surface area contributed by atoms with E-state index < -0.39 is 6.10 Å². The lowest BCUT2D eigenvalue weighted by Gasteiger charge is -2.18. The molecule has 1 aliphatic heterocycles. The van der Waals surface area contributed by atoms with Crippen LogP contribution in [0.25, 0.3) is 0 Å². The third-order valence-electron chi connectivity index (χ3n) is 1.51. The second-order valence-corrected chi connectivity index (χ2v) is 2.35. The summed E-state index contributed by atoms with van der Waals surface area (Å²) in [5.41, 5.74) is 5.23. The maximum Gasteiger partial charge on any atom is 0.123 e. The van der Waals surface area contributed by atoms with E-state index in [1.54, 1.807) is 0 Å². The van der Waals surface area contributed by atoms with Gasteiger partial charge in [-0.2, -0.15) is 0 Å². The number of allylic oxidation sites excluding steroid dienone is 1. The maximum absolute atomic E-state index is 9.16. The molecule has 0 spiro atoms. The summed E-state index contributed by atoms with van der Waals surface area (Å²) in [4.78, 5) is 0. The van der Waals surface area contributed by atoms with E-state index in [1.807, 2.05) is 6.08 Å². The summed E-state index contributed by atoms with van der Waals surface area (Å²) in [6, 6.07) is 0. The molecule has 10 heavy (non-hydrogen) atoms. The summed E-state index contributed by atoms with van der Waals surface area (Å²) in [7, 11) is 0. The van der Waals surface area contributed by atoms with Gasteiger partial charge < -0.3 is 15.6 Å². The highest BCUT2D eigenvalue weighted by molar-refractivity contribution is 5.02. The second kappa shape index (κ2) is 3.58. The fourth-order valence-electron chi connectivity index (χ4n) is 0.925. The van der Waals surface area contributed by atoms with Gasteiger partial charge in [-0.1, -0.05) is 0 Å². The molecule has 1 unspecified atom stereocenters. The van der Waals surface area contributed by atoms with Gasteiger partial charge in [0, 0.05) is 6.54 Å². The van der Waals surface area contributed by atoms with Crippen molar-refractivity contribution in [2.24, 2.45) is 5.73 Å². The van der Waals surface area contributed by atoms with E-state index >= 15 is 0 Å². The first-order chi connectivity index (χ1) is 4.84. The van der Waals surface area contributed by atoms with Crippen LogP contribution in [0.1, 0.15) is 12.8 Å². The van der Waals surface area contributed by atoms with Gasteiger partial charge >= 0.3 is 0 Å². The Bertz CT molecular complexity index is 134. The van der Waals surface area contributed by atoms with Crippen LogP contribution in [0.2, 0.25) is 0 Å². The molecule has 0 aromatic carbocycles. The van der Waals surface area contributed by atoms with E-state index in [-0.39, 0.29) is 6.54 Å². The van der Waals surface area contributed by atoms with E-state index in [0.717, 1.165) is 12.8 Å². The zero-order chi connectivity index (χ0) is 7.40. The molecule has 0 aliphatic carbocycles. The van der Waals surface area contributed by atoms with Crippen molar-refractivity contribution < 1.29 is 9.84 Å². The van der Waals surface area contributed by atoms with E-state index in [2.05, 4.69) is 0 Å². The van der Waals surface area contributed by atoms with Gasteiger partial charge in [-0.25, -0.2) is 0 Å². The predicted molar refractivity (Wildman–Crippen MR) is 38.3 cm³/mol. The third-order valence-corrected chi connectivity index (χ3v) is 1.51. The molecule has 3 heteroatoms. The average Bonchev–Trinajstić information content (AvgIpc) is 2.05. The molecule has 1 aliphatic rings. The number of hydrogen-bond donors (Lipinski definition) is 2.